The second-order valence-corrected chi connectivity index (χ2v) is 18.5. The van der Waals surface area contributed by atoms with Crippen molar-refractivity contribution in [1.29, 1.82) is 0 Å². The van der Waals surface area contributed by atoms with Gasteiger partial charge in [0.2, 0.25) is 0 Å². The highest BCUT2D eigenvalue weighted by Gasteiger charge is 2.18. The molecule has 1 heterocycles. The Morgan fingerprint density at radius 2 is 0.685 bits per heavy atom. The van der Waals surface area contributed by atoms with Gasteiger partial charge in [-0.15, -0.1) is 0 Å². The number of hydrogen-bond acceptors (Lipinski definition) is 15. The van der Waals surface area contributed by atoms with Crippen LogP contribution in [0.15, 0.2) is 87.2 Å². The van der Waals surface area contributed by atoms with Gasteiger partial charge in [0.25, 0.3) is 0 Å². The number of benzene rings is 3. The maximum absolute atomic E-state index is 13.4. The van der Waals surface area contributed by atoms with Crippen LogP contribution >= 0.6 is 99.6 Å². The average Bonchev–Trinajstić information content (AvgIpc) is 3.15. The molecule has 3 aromatic carbocycles. The van der Waals surface area contributed by atoms with Crippen molar-refractivity contribution in [1.82, 2.24) is 13.7 Å². The summed E-state index contributed by atoms with van der Waals surface area (Å²) < 4.78 is 17.9. The molecule has 0 aliphatic heterocycles. The van der Waals surface area contributed by atoms with E-state index in [9.17, 15) is 28.8 Å². The van der Waals surface area contributed by atoms with Gasteiger partial charge in [-0.25, -0.2) is 42.5 Å². The first-order valence-electron chi connectivity index (χ1n) is 15.6. The maximum Gasteiger partial charge on any atom is 0.378 e. The molecule has 0 fully saturated rings. The van der Waals surface area contributed by atoms with Crippen molar-refractivity contribution in [3.05, 3.63) is 136 Å². The second kappa shape index (κ2) is 23.5. The van der Waals surface area contributed by atoms with Crippen molar-refractivity contribution in [2.75, 3.05) is 19.8 Å². The summed E-state index contributed by atoms with van der Waals surface area (Å²) in [7, 11) is 6.23. The lowest BCUT2D eigenvalue weighted by Crippen LogP contribution is -2.55. The molecule has 0 bridgehead atoms. The van der Waals surface area contributed by atoms with Crippen molar-refractivity contribution in [2.45, 2.75) is 36.9 Å². The van der Waals surface area contributed by atoms with Crippen LogP contribution < -0.4 is 17.1 Å². The average molecular weight is 911 g/mol. The minimum absolute atomic E-state index is 0.354. The summed E-state index contributed by atoms with van der Waals surface area (Å²) in [5.41, 5.74) is -0.139. The van der Waals surface area contributed by atoms with Crippen LogP contribution in [-0.4, -0.2) is 49.4 Å². The molecule has 0 amide bonds. The lowest BCUT2D eigenvalue weighted by Gasteiger charge is -2.14. The summed E-state index contributed by atoms with van der Waals surface area (Å²) in [6, 6.07) is 21.4. The largest absolute Gasteiger partial charge is 0.455 e. The van der Waals surface area contributed by atoms with E-state index in [-0.39, 0.29) is 39.5 Å². The van der Waals surface area contributed by atoms with Gasteiger partial charge in [-0.05, 0) is 53.1 Å². The summed E-state index contributed by atoms with van der Waals surface area (Å²) in [5, 5.41) is -0.154. The number of hydrogen-bond donors (Lipinski definition) is 0. The zero-order valence-corrected chi connectivity index (χ0v) is 35.1. The van der Waals surface area contributed by atoms with E-state index in [4.69, 9.17) is 49.0 Å². The molecule has 0 saturated heterocycles. The monoisotopic (exact) mass is 909 g/mol. The molecule has 1 aromatic heterocycles. The molecule has 288 valence electrons. The van der Waals surface area contributed by atoms with Crippen LogP contribution in [0.5, 0.6) is 0 Å². The molecule has 0 unspecified atom stereocenters. The van der Waals surface area contributed by atoms with Gasteiger partial charge in [-0.2, -0.15) is 0 Å². The van der Waals surface area contributed by atoms with Crippen molar-refractivity contribution in [3.8, 4) is 0 Å². The Balaban J connectivity index is 1.34. The lowest BCUT2D eigenvalue weighted by atomic mass is 10.2. The Hall–Kier alpha value is -2.55. The van der Waals surface area contributed by atoms with Gasteiger partial charge in [-0.3, -0.25) is 0 Å². The van der Waals surface area contributed by atoms with Crippen molar-refractivity contribution in [3.63, 3.8) is 0 Å². The predicted octanol–water partition coefficient (Wildman–Crippen LogP) is 9.29. The highest BCUT2D eigenvalue weighted by atomic mass is 35.5. The smallest absolute Gasteiger partial charge is 0.378 e. The molecule has 54 heavy (non-hydrogen) atoms. The molecule has 21 heteroatoms. The van der Waals surface area contributed by atoms with Gasteiger partial charge in [0.1, 0.15) is 19.8 Å². The molecular formula is C33H30Cl3N3O9S6. The minimum Gasteiger partial charge on any atom is -0.455 e. The molecule has 4 rings (SSSR count). The van der Waals surface area contributed by atoms with Gasteiger partial charge in [-0.1, -0.05) is 104 Å². The van der Waals surface area contributed by atoms with E-state index in [0.29, 0.717) is 32.3 Å². The highest BCUT2D eigenvalue weighted by molar-refractivity contribution is 8.82. The van der Waals surface area contributed by atoms with Crippen molar-refractivity contribution >= 4 is 115 Å². The number of ether oxygens (including phenoxy) is 3. The summed E-state index contributed by atoms with van der Waals surface area (Å²) in [6.45, 7) is -2.19. The van der Waals surface area contributed by atoms with Crippen LogP contribution in [0.3, 0.4) is 0 Å². The van der Waals surface area contributed by atoms with Gasteiger partial charge < -0.3 is 14.2 Å². The lowest BCUT2D eigenvalue weighted by molar-refractivity contribution is 0.162. The van der Waals surface area contributed by atoms with Crippen molar-refractivity contribution < 1.29 is 28.6 Å². The first-order valence-corrected chi connectivity index (χ1v) is 23.7. The topological polar surface area (TPSA) is 145 Å². The van der Waals surface area contributed by atoms with Crippen LogP contribution in [0.25, 0.3) is 0 Å². The van der Waals surface area contributed by atoms with E-state index in [2.05, 4.69) is 0 Å². The van der Waals surface area contributed by atoms with Crippen LogP contribution in [-0.2, 0) is 51.1 Å². The van der Waals surface area contributed by atoms with Crippen LogP contribution in [0.1, 0.15) is 16.7 Å². The number of rotatable bonds is 18. The molecule has 0 aliphatic carbocycles. The molecule has 0 radical (unpaired) electrons. The Morgan fingerprint density at radius 1 is 0.444 bits per heavy atom. The number of carbonyl (C=O) groups is 3. The third-order valence-corrected chi connectivity index (χ3v) is 13.4. The van der Waals surface area contributed by atoms with Gasteiger partial charge >= 0.3 is 33.0 Å². The fourth-order valence-corrected chi connectivity index (χ4v) is 9.45. The molecule has 0 spiro atoms. The van der Waals surface area contributed by atoms with E-state index in [1.165, 1.54) is 32.4 Å². The molecule has 0 aliphatic rings. The normalized spacial score (nSPS) is 10.9. The quantitative estimate of drug-likeness (QED) is 0.0531. The number of aromatic nitrogens is 3. The second-order valence-electron chi connectivity index (χ2n) is 10.5. The van der Waals surface area contributed by atoms with E-state index in [0.717, 1.165) is 62.8 Å². The van der Waals surface area contributed by atoms with Crippen LogP contribution in [0.4, 0.5) is 14.4 Å². The number of halogens is 3. The molecule has 0 atom stereocenters. The van der Waals surface area contributed by atoms with Crippen LogP contribution in [0.2, 0.25) is 15.1 Å². The first kappa shape index (κ1) is 44.2. The highest BCUT2D eigenvalue weighted by Crippen LogP contribution is 2.30. The van der Waals surface area contributed by atoms with E-state index < -0.39 is 33.0 Å². The minimum atomic E-state index is -0.992. The fourth-order valence-electron chi connectivity index (χ4n) is 4.17. The van der Waals surface area contributed by atoms with Gasteiger partial charge in [0, 0.05) is 64.7 Å². The zero-order valence-electron chi connectivity index (χ0n) is 27.9. The standard InChI is InChI=1S/C33H30Cl3N3O9S6/c34-25-7-1-22(2-8-25)19-49-52-31(43)46-16-13-37-28(40)38(14-17-47-32(44)53-50-20-23-3-9-26(35)10-4-23)30(42)39(29(37)41)15-18-48-33(45)54-51-21-24-5-11-27(36)12-6-24/h1-12H,13-21H2. The third-order valence-electron chi connectivity index (χ3n) is 6.79. The van der Waals surface area contributed by atoms with Gasteiger partial charge in [0.05, 0.1) is 19.6 Å². The van der Waals surface area contributed by atoms with Crippen molar-refractivity contribution in [2.24, 2.45) is 0 Å². The summed E-state index contributed by atoms with van der Waals surface area (Å²) in [5.74, 6) is 1.50. The Kier molecular flexibility index (Phi) is 19.2. The molecule has 0 N–H and O–H groups in total. The number of nitrogens with zero attached hydrogens (tertiary/aromatic N) is 3. The first-order chi connectivity index (χ1) is 26.0. The summed E-state index contributed by atoms with van der Waals surface area (Å²) in [6.07, 6.45) is 0. The Bertz CT molecular complexity index is 1790. The third kappa shape index (κ3) is 15.2. The van der Waals surface area contributed by atoms with E-state index in [1.54, 1.807) is 36.4 Å². The molecular weight excluding hydrogens is 881 g/mol. The van der Waals surface area contributed by atoms with Gasteiger partial charge in [0.15, 0.2) is 0 Å². The zero-order chi connectivity index (χ0) is 38.9. The van der Waals surface area contributed by atoms with E-state index in [1.807, 2.05) is 36.4 Å². The van der Waals surface area contributed by atoms with E-state index >= 15 is 0 Å². The predicted molar refractivity (Wildman–Crippen MR) is 224 cm³/mol. The number of carbonyl (C=O) groups excluding carboxylic acids is 3. The maximum atomic E-state index is 13.4. The SMILES string of the molecule is O=C(OCCn1c(=O)n(CCOC(=O)SSCc2ccc(Cl)cc2)c(=O)n(CCOC(=O)SSCc2ccc(Cl)cc2)c1=O)SSCc1ccc(Cl)cc1. The summed E-state index contributed by atoms with van der Waals surface area (Å²) in [4.78, 5) is 77.1. The summed E-state index contributed by atoms with van der Waals surface area (Å²) >= 11 is 17.7. The Labute approximate surface area is 347 Å². The van der Waals surface area contributed by atoms with Crippen LogP contribution in [0, 0.1) is 0 Å². The molecule has 0 saturated carbocycles. The Morgan fingerprint density at radius 3 is 0.926 bits per heavy atom. The molecule has 4 aromatic rings. The fraction of sp³-hybridized carbons (Fsp3) is 0.273. The molecule has 12 nitrogen and oxygen atoms in total.